The Bertz CT molecular complexity index is 381. The number of hydrogen-bond acceptors (Lipinski definition) is 4. The zero-order chi connectivity index (χ0) is 12.8. The first-order valence-corrected chi connectivity index (χ1v) is 5.87. The summed E-state index contributed by atoms with van der Waals surface area (Å²) in [4.78, 5) is 6.37. The van der Waals surface area contributed by atoms with E-state index in [0.29, 0.717) is 6.54 Å². The van der Waals surface area contributed by atoms with Crippen molar-refractivity contribution in [3.63, 3.8) is 0 Å². The summed E-state index contributed by atoms with van der Waals surface area (Å²) in [7, 11) is 0. The van der Waals surface area contributed by atoms with Gasteiger partial charge in [0.2, 0.25) is 0 Å². The number of rotatable bonds is 5. The number of aliphatic hydroxyl groups excluding tert-OH is 1. The molecule has 92 valence electrons. The molecule has 1 aromatic rings. The van der Waals surface area contributed by atoms with Crippen LogP contribution in [0, 0.1) is 17.2 Å². The van der Waals surface area contributed by atoms with E-state index in [-0.39, 0.29) is 5.92 Å². The maximum atomic E-state index is 9.40. The topological polar surface area (TPSA) is 60.2 Å². The highest BCUT2D eigenvalue weighted by Crippen LogP contribution is 2.16. The van der Waals surface area contributed by atoms with Crippen LogP contribution in [0.2, 0.25) is 0 Å². The Morgan fingerprint density at radius 3 is 2.59 bits per heavy atom. The Hall–Kier alpha value is -1.60. The summed E-state index contributed by atoms with van der Waals surface area (Å²) in [5.74, 6) is 0.826. The van der Waals surface area contributed by atoms with Crippen LogP contribution in [0.5, 0.6) is 0 Å². The summed E-state index contributed by atoms with van der Waals surface area (Å²) in [6.07, 6.45) is 1.18. The SMILES string of the molecule is CCN(CC(C)C#N)c1ccc([C@@H](C)O)cn1. The van der Waals surface area contributed by atoms with Crippen LogP contribution in [-0.4, -0.2) is 23.2 Å². The molecule has 0 aromatic carbocycles. The van der Waals surface area contributed by atoms with Crippen LogP contribution in [0.1, 0.15) is 32.4 Å². The van der Waals surface area contributed by atoms with Crippen LogP contribution in [0.4, 0.5) is 5.82 Å². The van der Waals surface area contributed by atoms with Gasteiger partial charge < -0.3 is 10.0 Å². The van der Waals surface area contributed by atoms with Crippen LogP contribution in [0.25, 0.3) is 0 Å². The van der Waals surface area contributed by atoms with E-state index in [0.717, 1.165) is 17.9 Å². The van der Waals surface area contributed by atoms with Crippen LogP contribution in [-0.2, 0) is 0 Å². The fourth-order valence-corrected chi connectivity index (χ4v) is 1.59. The molecule has 17 heavy (non-hydrogen) atoms. The van der Waals surface area contributed by atoms with Gasteiger partial charge in [0, 0.05) is 19.3 Å². The minimum absolute atomic E-state index is 0.0202. The molecular weight excluding hydrogens is 214 g/mol. The van der Waals surface area contributed by atoms with E-state index in [9.17, 15) is 5.11 Å². The average molecular weight is 233 g/mol. The van der Waals surface area contributed by atoms with Gasteiger partial charge in [0.1, 0.15) is 5.82 Å². The first kappa shape index (κ1) is 13.5. The van der Waals surface area contributed by atoms with Crippen molar-refractivity contribution in [1.29, 1.82) is 5.26 Å². The highest BCUT2D eigenvalue weighted by Gasteiger charge is 2.10. The zero-order valence-corrected chi connectivity index (χ0v) is 10.6. The molecule has 0 aliphatic carbocycles. The summed E-state index contributed by atoms with van der Waals surface area (Å²) in [5.41, 5.74) is 0.804. The minimum atomic E-state index is -0.496. The van der Waals surface area contributed by atoms with Gasteiger partial charge in [-0.3, -0.25) is 0 Å². The van der Waals surface area contributed by atoms with Crippen LogP contribution in [0.15, 0.2) is 18.3 Å². The Morgan fingerprint density at radius 2 is 2.18 bits per heavy atom. The number of pyridine rings is 1. The molecule has 1 N–H and O–H groups in total. The molecule has 0 bridgehead atoms. The lowest BCUT2D eigenvalue weighted by molar-refractivity contribution is 0.199. The fraction of sp³-hybridized carbons (Fsp3) is 0.538. The number of aromatic nitrogens is 1. The van der Waals surface area contributed by atoms with Crippen molar-refractivity contribution >= 4 is 5.82 Å². The normalized spacial score (nSPS) is 13.8. The van der Waals surface area contributed by atoms with Gasteiger partial charge in [-0.25, -0.2) is 4.98 Å². The Balaban J connectivity index is 2.79. The zero-order valence-electron chi connectivity index (χ0n) is 10.6. The fourth-order valence-electron chi connectivity index (χ4n) is 1.59. The van der Waals surface area contributed by atoms with E-state index < -0.39 is 6.10 Å². The molecule has 0 aliphatic heterocycles. The predicted octanol–water partition coefficient (Wildman–Crippen LogP) is 2.12. The third-order valence-electron chi connectivity index (χ3n) is 2.67. The molecule has 1 unspecified atom stereocenters. The maximum absolute atomic E-state index is 9.40. The molecule has 1 heterocycles. The van der Waals surface area contributed by atoms with Gasteiger partial charge in [-0.05, 0) is 32.4 Å². The van der Waals surface area contributed by atoms with Crippen molar-refractivity contribution in [2.24, 2.45) is 5.92 Å². The quantitative estimate of drug-likeness (QED) is 0.846. The van der Waals surface area contributed by atoms with Crippen molar-refractivity contribution in [2.45, 2.75) is 26.9 Å². The minimum Gasteiger partial charge on any atom is -0.389 e. The van der Waals surface area contributed by atoms with Gasteiger partial charge in [-0.15, -0.1) is 0 Å². The van der Waals surface area contributed by atoms with E-state index in [1.807, 2.05) is 26.0 Å². The lowest BCUT2D eigenvalue weighted by Crippen LogP contribution is -2.28. The largest absolute Gasteiger partial charge is 0.389 e. The summed E-state index contributed by atoms with van der Waals surface area (Å²) < 4.78 is 0. The summed E-state index contributed by atoms with van der Waals surface area (Å²) in [6.45, 7) is 7.13. The molecule has 0 amide bonds. The molecular formula is C13H19N3O. The molecule has 4 nitrogen and oxygen atoms in total. The van der Waals surface area contributed by atoms with E-state index in [2.05, 4.69) is 16.0 Å². The lowest BCUT2D eigenvalue weighted by Gasteiger charge is -2.23. The van der Waals surface area contributed by atoms with E-state index >= 15 is 0 Å². The standard InChI is InChI=1S/C13H19N3O/c1-4-16(9-10(2)7-14)13-6-5-12(8-15-13)11(3)17/h5-6,8,10-11,17H,4,9H2,1-3H3/t10?,11-/m1/s1. The highest BCUT2D eigenvalue weighted by atomic mass is 16.3. The predicted molar refractivity (Wildman–Crippen MR) is 67.5 cm³/mol. The second-order valence-corrected chi connectivity index (χ2v) is 4.19. The molecule has 0 saturated heterocycles. The third-order valence-corrected chi connectivity index (χ3v) is 2.67. The lowest BCUT2D eigenvalue weighted by atomic mass is 10.1. The molecule has 1 rings (SSSR count). The second-order valence-electron chi connectivity index (χ2n) is 4.19. The Morgan fingerprint density at radius 1 is 1.47 bits per heavy atom. The number of anilines is 1. The smallest absolute Gasteiger partial charge is 0.128 e. The van der Waals surface area contributed by atoms with Gasteiger partial charge in [-0.2, -0.15) is 5.26 Å². The first-order valence-electron chi connectivity index (χ1n) is 5.87. The molecule has 1 aromatic heterocycles. The summed E-state index contributed by atoms with van der Waals surface area (Å²) in [6, 6.07) is 5.97. The van der Waals surface area contributed by atoms with Crippen LogP contribution >= 0.6 is 0 Å². The maximum Gasteiger partial charge on any atom is 0.128 e. The third kappa shape index (κ3) is 3.72. The van der Waals surface area contributed by atoms with E-state index in [1.165, 1.54) is 0 Å². The molecule has 0 radical (unpaired) electrons. The second kappa shape index (κ2) is 6.21. The van der Waals surface area contributed by atoms with Gasteiger partial charge >= 0.3 is 0 Å². The number of nitrogens with zero attached hydrogens (tertiary/aromatic N) is 3. The van der Waals surface area contributed by atoms with Crippen molar-refractivity contribution in [2.75, 3.05) is 18.0 Å². The van der Waals surface area contributed by atoms with Gasteiger partial charge in [0.15, 0.2) is 0 Å². The van der Waals surface area contributed by atoms with Crippen molar-refractivity contribution < 1.29 is 5.11 Å². The molecule has 0 fully saturated rings. The van der Waals surface area contributed by atoms with Crippen molar-refractivity contribution in [3.8, 4) is 6.07 Å². The molecule has 0 aliphatic rings. The highest BCUT2D eigenvalue weighted by molar-refractivity contribution is 5.39. The first-order chi connectivity index (χ1) is 8.08. The van der Waals surface area contributed by atoms with Crippen LogP contribution < -0.4 is 4.90 Å². The Kier molecular flexibility index (Phi) is 4.92. The monoisotopic (exact) mass is 233 g/mol. The number of nitriles is 1. The molecule has 4 heteroatoms. The van der Waals surface area contributed by atoms with Gasteiger partial charge in [0.25, 0.3) is 0 Å². The Labute approximate surface area is 103 Å². The summed E-state index contributed by atoms with van der Waals surface area (Å²) in [5, 5.41) is 18.2. The average Bonchev–Trinajstić information content (AvgIpc) is 2.35. The van der Waals surface area contributed by atoms with E-state index in [4.69, 9.17) is 5.26 Å². The van der Waals surface area contributed by atoms with E-state index in [1.54, 1.807) is 13.1 Å². The summed E-state index contributed by atoms with van der Waals surface area (Å²) >= 11 is 0. The molecule has 2 atom stereocenters. The molecule has 0 saturated carbocycles. The number of hydrogen-bond donors (Lipinski definition) is 1. The van der Waals surface area contributed by atoms with Gasteiger partial charge in [-0.1, -0.05) is 6.07 Å². The molecule has 0 spiro atoms. The number of aliphatic hydroxyl groups is 1. The van der Waals surface area contributed by atoms with Crippen LogP contribution in [0.3, 0.4) is 0 Å². The van der Waals surface area contributed by atoms with Gasteiger partial charge in [0.05, 0.1) is 18.1 Å². The van der Waals surface area contributed by atoms with Crippen molar-refractivity contribution in [3.05, 3.63) is 23.9 Å². The van der Waals surface area contributed by atoms with Crippen molar-refractivity contribution in [1.82, 2.24) is 4.98 Å².